The van der Waals surface area contributed by atoms with Gasteiger partial charge in [-0.25, -0.2) is 9.67 Å². The highest BCUT2D eigenvalue weighted by atomic mass is 28.4. The average Bonchev–Trinajstić information content (AvgIpc) is 3.36. The monoisotopic (exact) mass is 562 g/mol. The lowest BCUT2D eigenvalue weighted by Crippen LogP contribution is -2.40. The molecular formula is C30H42N6O3Si. The fourth-order valence-corrected chi connectivity index (χ4v) is 5.04. The Kier molecular flexibility index (Phi) is 9.35. The molecule has 0 saturated carbocycles. The summed E-state index contributed by atoms with van der Waals surface area (Å²) in [4.78, 5) is 14.2. The molecule has 10 heteroatoms. The molecule has 0 radical (unpaired) electrons. The predicted octanol–water partition coefficient (Wildman–Crippen LogP) is 6.22. The molecule has 0 spiro atoms. The van der Waals surface area contributed by atoms with Crippen LogP contribution in [0, 0.1) is 0 Å². The van der Waals surface area contributed by atoms with Crippen molar-refractivity contribution in [1.29, 1.82) is 0 Å². The molecular weight excluding hydrogens is 520 g/mol. The summed E-state index contributed by atoms with van der Waals surface area (Å²) in [6.45, 7) is 14.6. The number of fused-ring (bicyclic) bond motifs is 1. The Hall–Kier alpha value is -3.18. The average molecular weight is 563 g/mol. The van der Waals surface area contributed by atoms with Crippen LogP contribution in [0.3, 0.4) is 0 Å². The second kappa shape index (κ2) is 12.6. The summed E-state index contributed by atoms with van der Waals surface area (Å²) in [7, 11) is -0.279. The SMILES string of the molecule is CCC[C@H](N)c1cccc(-c2cc(OCCOC)c3cnn(-c4cncc(CO[Si](C)(C)C(C)(C)C)n4)c3c2)n1. The first-order chi connectivity index (χ1) is 19.0. The molecule has 214 valence electrons. The Morgan fingerprint density at radius 2 is 1.85 bits per heavy atom. The second-order valence-electron chi connectivity index (χ2n) is 11.6. The number of hydrogen-bond acceptors (Lipinski definition) is 8. The highest BCUT2D eigenvalue weighted by Gasteiger charge is 2.37. The number of benzene rings is 1. The van der Waals surface area contributed by atoms with Crippen LogP contribution in [0.15, 0.2) is 48.9 Å². The lowest BCUT2D eigenvalue weighted by Gasteiger charge is -2.36. The van der Waals surface area contributed by atoms with Gasteiger partial charge in [-0.1, -0.05) is 40.2 Å². The maximum atomic E-state index is 6.39. The zero-order valence-electron chi connectivity index (χ0n) is 24.8. The van der Waals surface area contributed by atoms with E-state index in [0.717, 1.165) is 46.4 Å². The van der Waals surface area contributed by atoms with Gasteiger partial charge in [0.15, 0.2) is 14.1 Å². The van der Waals surface area contributed by atoms with Gasteiger partial charge in [0.05, 0.1) is 59.8 Å². The van der Waals surface area contributed by atoms with Crippen LogP contribution < -0.4 is 10.5 Å². The number of pyridine rings is 1. The predicted molar refractivity (Wildman–Crippen MR) is 161 cm³/mol. The van der Waals surface area contributed by atoms with Gasteiger partial charge in [0.1, 0.15) is 12.4 Å². The molecule has 40 heavy (non-hydrogen) atoms. The first-order valence-corrected chi connectivity index (χ1v) is 16.8. The third-order valence-corrected chi connectivity index (χ3v) is 12.0. The van der Waals surface area contributed by atoms with Crippen molar-refractivity contribution in [1.82, 2.24) is 24.7 Å². The molecule has 0 amide bonds. The normalized spacial score (nSPS) is 13.1. The molecule has 4 aromatic rings. The van der Waals surface area contributed by atoms with Gasteiger partial charge in [-0.15, -0.1) is 0 Å². The van der Waals surface area contributed by atoms with E-state index in [1.807, 2.05) is 24.3 Å². The Labute approximate surface area is 238 Å². The van der Waals surface area contributed by atoms with Crippen LogP contribution in [0.4, 0.5) is 0 Å². The first-order valence-electron chi connectivity index (χ1n) is 13.9. The van der Waals surface area contributed by atoms with Crippen molar-refractivity contribution in [3.05, 3.63) is 60.3 Å². The van der Waals surface area contributed by atoms with Crippen LogP contribution in [-0.4, -0.2) is 53.4 Å². The van der Waals surface area contributed by atoms with E-state index in [0.29, 0.717) is 31.4 Å². The van der Waals surface area contributed by atoms with Crippen LogP contribution in [0.2, 0.25) is 18.1 Å². The molecule has 9 nitrogen and oxygen atoms in total. The van der Waals surface area contributed by atoms with E-state index in [1.165, 1.54) is 0 Å². The van der Waals surface area contributed by atoms with Crippen LogP contribution in [-0.2, 0) is 15.8 Å². The van der Waals surface area contributed by atoms with Crippen LogP contribution in [0.25, 0.3) is 28.0 Å². The number of nitrogens with two attached hydrogens (primary N) is 1. The quantitative estimate of drug-likeness (QED) is 0.160. The van der Waals surface area contributed by atoms with Gasteiger partial charge in [0.2, 0.25) is 0 Å². The van der Waals surface area contributed by atoms with E-state index in [-0.39, 0.29) is 11.1 Å². The number of rotatable bonds is 12. The number of nitrogens with zero attached hydrogens (tertiary/aromatic N) is 5. The minimum atomic E-state index is -1.93. The fraction of sp³-hybridized carbons (Fsp3) is 0.467. The molecule has 3 aromatic heterocycles. The van der Waals surface area contributed by atoms with Gasteiger partial charge in [0.25, 0.3) is 0 Å². The number of hydrogen-bond donors (Lipinski definition) is 1. The fourth-order valence-electron chi connectivity index (χ4n) is 4.09. The number of methoxy groups -OCH3 is 1. The summed E-state index contributed by atoms with van der Waals surface area (Å²) in [6.07, 6.45) is 7.13. The topological polar surface area (TPSA) is 110 Å². The molecule has 0 bridgehead atoms. The summed E-state index contributed by atoms with van der Waals surface area (Å²) in [5.74, 6) is 1.31. The van der Waals surface area contributed by atoms with Gasteiger partial charge in [-0.2, -0.15) is 5.10 Å². The van der Waals surface area contributed by atoms with E-state index in [9.17, 15) is 0 Å². The minimum absolute atomic E-state index is 0.108. The standard InChI is InChI=1S/C30H42N6O3Si/c1-8-10-24(31)26-12-9-11-25(35-26)21-15-27-23(28(16-21)38-14-13-37-5)18-33-36(27)29-19-32-17-22(34-29)20-39-40(6,7)30(2,3)4/h9,11-12,15-19,24H,8,10,13-14,20,31H2,1-7H3/t24-/m0/s1. The van der Waals surface area contributed by atoms with Crippen LogP contribution in [0.1, 0.15) is 58.0 Å². The van der Waals surface area contributed by atoms with E-state index >= 15 is 0 Å². The molecule has 2 N–H and O–H groups in total. The van der Waals surface area contributed by atoms with Crippen molar-refractivity contribution in [3.63, 3.8) is 0 Å². The maximum absolute atomic E-state index is 6.39. The van der Waals surface area contributed by atoms with Crippen molar-refractivity contribution in [2.45, 2.75) is 71.3 Å². The minimum Gasteiger partial charge on any atom is -0.490 e. The highest BCUT2D eigenvalue weighted by molar-refractivity contribution is 6.74. The smallest absolute Gasteiger partial charge is 0.192 e. The van der Waals surface area contributed by atoms with E-state index in [1.54, 1.807) is 30.4 Å². The molecule has 0 unspecified atom stereocenters. The van der Waals surface area contributed by atoms with Crippen molar-refractivity contribution in [2.75, 3.05) is 20.3 Å². The molecule has 0 saturated heterocycles. The van der Waals surface area contributed by atoms with Gasteiger partial charge in [-0.3, -0.25) is 9.97 Å². The van der Waals surface area contributed by atoms with Crippen molar-refractivity contribution >= 4 is 19.2 Å². The Bertz CT molecular complexity index is 1430. The summed E-state index contributed by atoms with van der Waals surface area (Å²) in [5.41, 5.74) is 10.6. The second-order valence-corrected chi connectivity index (χ2v) is 16.4. The zero-order valence-corrected chi connectivity index (χ0v) is 25.8. The third kappa shape index (κ3) is 6.75. The molecule has 1 atom stereocenters. The summed E-state index contributed by atoms with van der Waals surface area (Å²) in [5, 5.41) is 5.65. The van der Waals surface area contributed by atoms with Crippen molar-refractivity contribution < 1.29 is 13.9 Å². The molecule has 0 aliphatic rings. The summed E-state index contributed by atoms with van der Waals surface area (Å²) < 4.78 is 19.5. The largest absolute Gasteiger partial charge is 0.490 e. The Morgan fingerprint density at radius 1 is 1.05 bits per heavy atom. The van der Waals surface area contributed by atoms with Crippen molar-refractivity contribution in [3.8, 4) is 22.8 Å². The van der Waals surface area contributed by atoms with Gasteiger partial charge in [0, 0.05) is 18.7 Å². The Balaban J connectivity index is 1.74. The van der Waals surface area contributed by atoms with Gasteiger partial charge >= 0.3 is 0 Å². The Morgan fingerprint density at radius 3 is 2.58 bits per heavy atom. The first kappa shape index (κ1) is 29.8. The van der Waals surface area contributed by atoms with Gasteiger partial charge in [-0.05, 0) is 48.8 Å². The summed E-state index contributed by atoms with van der Waals surface area (Å²) >= 11 is 0. The molecule has 0 aliphatic heterocycles. The van der Waals surface area contributed by atoms with Crippen LogP contribution in [0.5, 0.6) is 5.75 Å². The maximum Gasteiger partial charge on any atom is 0.192 e. The van der Waals surface area contributed by atoms with Crippen LogP contribution >= 0.6 is 0 Å². The molecule has 4 rings (SSSR count). The molecule has 0 aliphatic carbocycles. The number of ether oxygens (including phenoxy) is 2. The third-order valence-electron chi connectivity index (χ3n) is 7.52. The molecule has 0 fully saturated rings. The van der Waals surface area contributed by atoms with E-state index in [2.05, 4.69) is 56.9 Å². The lowest BCUT2D eigenvalue weighted by atomic mass is 10.1. The lowest BCUT2D eigenvalue weighted by molar-refractivity contribution is 0.147. The highest BCUT2D eigenvalue weighted by Crippen LogP contribution is 2.37. The summed E-state index contributed by atoms with van der Waals surface area (Å²) in [6, 6.07) is 9.91. The van der Waals surface area contributed by atoms with Crippen molar-refractivity contribution in [2.24, 2.45) is 5.73 Å². The zero-order chi connectivity index (χ0) is 28.9. The van der Waals surface area contributed by atoms with Gasteiger partial charge < -0.3 is 19.6 Å². The molecule has 3 heterocycles. The number of aromatic nitrogens is 5. The van der Waals surface area contributed by atoms with E-state index in [4.69, 9.17) is 29.6 Å². The van der Waals surface area contributed by atoms with E-state index < -0.39 is 8.32 Å². The molecule has 1 aromatic carbocycles.